The van der Waals surface area contributed by atoms with Gasteiger partial charge in [0, 0.05) is 18.2 Å². The van der Waals surface area contributed by atoms with Gasteiger partial charge in [0.2, 0.25) is 0 Å². The zero-order valence-corrected chi connectivity index (χ0v) is 15.9. The van der Waals surface area contributed by atoms with Gasteiger partial charge in [-0.1, -0.05) is 22.9 Å². The summed E-state index contributed by atoms with van der Waals surface area (Å²) in [6.07, 6.45) is 0. The fourth-order valence-electron chi connectivity index (χ4n) is 2.64. The molecule has 0 saturated heterocycles. The molecule has 25 heavy (non-hydrogen) atoms. The van der Waals surface area contributed by atoms with Crippen molar-refractivity contribution in [2.24, 2.45) is 4.99 Å². The SMILES string of the molecule is CCOCCn1c(=NC(=O)c2cc(C)oc2C)sc2cc(Cl)ccc21. The van der Waals surface area contributed by atoms with Crippen LogP contribution in [0.15, 0.2) is 33.7 Å². The molecule has 3 aromatic rings. The molecular formula is C18H19ClN2O3S. The standard InChI is InChI=1S/C18H19ClN2O3S/c1-4-23-8-7-21-15-6-5-13(19)10-16(15)25-18(21)20-17(22)14-9-11(2)24-12(14)3/h5-6,9-10H,4,7-8H2,1-3H3. The van der Waals surface area contributed by atoms with Crippen molar-refractivity contribution < 1.29 is 13.9 Å². The number of halogens is 1. The van der Waals surface area contributed by atoms with E-state index in [1.54, 1.807) is 13.0 Å². The number of aromatic nitrogens is 1. The minimum absolute atomic E-state index is 0.308. The number of benzene rings is 1. The van der Waals surface area contributed by atoms with Crippen LogP contribution >= 0.6 is 22.9 Å². The second kappa shape index (κ2) is 7.56. The first kappa shape index (κ1) is 17.9. The predicted octanol–water partition coefficient (Wildman–Crippen LogP) is 4.34. The number of furan rings is 1. The maximum absolute atomic E-state index is 12.6. The smallest absolute Gasteiger partial charge is 0.283 e. The van der Waals surface area contributed by atoms with E-state index in [4.69, 9.17) is 20.8 Å². The van der Waals surface area contributed by atoms with Gasteiger partial charge in [-0.05, 0) is 45.0 Å². The number of amides is 1. The lowest BCUT2D eigenvalue weighted by molar-refractivity contribution is 0.0995. The van der Waals surface area contributed by atoms with Crippen LogP contribution in [-0.2, 0) is 11.3 Å². The Morgan fingerprint density at radius 3 is 2.84 bits per heavy atom. The minimum Gasteiger partial charge on any atom is -0.466 e. The molecule has 0 fully saturated rings. The summed E-state index contributed by atoms with van der Waals surface area (Å²) in [5.74, 6) is 0.969. The molecule has 2 heterocycles. The summed E-state index contributed by atoms with van der Waals surface area (Å²) < 4.78 is 13.9. The molecule has 0 N–H and O–H groups in total. The third-order valence-electron chi connectivity index (χ3n) is 3.78. The fraction of sp³-hybridized carbons (Fsp3) is 0.333. The van der Waals surface area contributed by atoms with Gasteiger partial charge in [-0.15, -0.1) is 0 Å². The van der Waals surface area contributed by atoms with E-state index in [1.807, 2.05) is 36.6 Å². The fourth-order valence-corrected chi connectivity index (χ4v) is 3.97. The summed E-state index contributed by atoms with van der Waals surface area (Å²) in [4.78, 5) is 17.5. The molecule has 0 saturated carbocycles. The van der Waals surface area contributed by atoms with Crippen LogP contribution in [0, 0.1) is 13.8 Å². The van der Waals surface area contributed by atoms with Crippen molar-refractivity contribution in [3.63, 3.8) is 0 Å². The maximum Gasteiger partial charge on any atom is 0.283 e. The molecule has 0 aliphatic heterocycles. The molecule has 7 heteroatoms. The number of aryl methyl sites for hydroxylation is 2. The molecule has 0 spiro atoms. The Bertz CT molecular complexity index is 984. The van der Waals surface area contributed by atoms with E-state index in [0.29, 0.717) is 46.7 Å². The summed E-state index contributed by atoms with van der Waals surface area (Å²) in [7, 11) is 0. The molecule has 1 aromatic carbocycles. The lowest BCUT2D eigenvalue weighted by Crippen LogP contribution is -2.19. The minimum atomic E-state index is -0.308. The van der Waals surface area contributed by atoms with Gasteiger partial charge in [0.25, 0.3) is 5.91 Å². The summed E-state index contributed by atoms with van der Waals surface area (Å²) in [6, 6.07) is 7.38. The molecule has 132 valence electrons. The van der Waals surface area contributed by atoms with E-state index in [1.165, 1.54) is 11.3 Å². The molecule has 0 unspecified atom stereocenters. The van der Waals surface area contributed by atoms with Crippen molar-refractivity contribution in [3.8, 4) is 0 Å². The normalized spacial score (nSPS) is 12.2. The van der Waals surface area contributed by atoms with E-state index in [9.17, 15) is 4.79 Å². The first-order valence-electron chi connectivity index (χ1n) is 8.02. The van der Waals surface area contributed by atoms with Crippen molar-refractivity contribution in [1.82, 2.24) is 4.57 Å². The first-order chi connectivity index (χ1) is 12.0. The van der Waals surface area contributed by atoms with Crippen LogP contribution in [0.1, 0.15) is 28.8 Å². The number of nitrogens with zero attached hydrogens (tertiary/aromatic N) is 2. The number of carbonyl (C=O) groups is 1. The molecule has 0 bridgehead atoms. The highest BCUT2D eigenvalue weighted by Gasteiger charge is 2.14. The van der Waals surface area contributed by atoms with Gasteiger partial charge in [-0.25, -0.2) is 0 Å². The zero-order chi connectivity index (χ0) is 18.0. The first-order valence-corrected chi connectivity index (χ1v) is 9.21. The second-order valence-corrected chi connectivity index (χ2v) is 7.03. The Morgan fingerprint density at radius 1 is 1.36 bits per heavy atom. The van der Waals surface area contributed by atoms with Gasteiger partial charge in [-0.2, -0.15) is 4.99 Å². The van der Waals surface area contributed by atoms with Gasteiger partial charge < -0.3 is 13.7 Å². The summed E-state index contributed by atoms with van der Waals surface area (Å²) in [5, 5.41) is 0.657. The Balaban J connectivity index is 2.08. The van der Waals surface area contributed by atoms with Crippen molar-refractivity contribution in [2.75, 3.05) is 13.2 Å². The summed E-state index contributed by atoms with van der Waals surface area (Å²) >= 11 is 7.53. The van der Waals surface area contributed by atoms with Crippen molar-refractivity contribution in [1.29, 1.82) is 0 Å². The Labute approximate surface area is 154 Å². The summed E-state index contributed by atoms with van der Waals surface area (Å²) in [6.45, 7) is 7.35. The lowest BCUT2D eigenvalue weighted by atomic mass is 10.2. The van der Waals surface area contributed by atoms with Crippen molar-refractivity contribution >= 4 is 39.1 Å². The van der Waals surface area contributed by atoms with E-state index < -0.39 is 0 Å². The monoisotopic (exact) mass is 378 g/mol. The van der Waals surface area contributed by atoms with Crippen LogP contribution < -0.4 is 4.80 Å². The summed E-state index contributed by atoms with van der Waals surface area (Å²) in [5.41, 5.74) is 1.48. The molecule has 3 rings (SSSR count). The predicted molar refractivity (Wildman–Crippen MR) is 99.4 cm³/mol. The third-order valence-corrected chi connectivity index (χ3v) is 5.05. The van der Waals surface area contributed by atoms with E-state index >= 15 is 0 Å². The molecule has 0 aliphatic rings. The van der Waals surface area contributed by atoms with Crippen LogP contribution in [-0.4, -0.2) is 23.7 Å². The van der Waals surface area contributed by atoms with E-state index in [2.05, 4.69) is 4.99 Å². The average molecular weight is 379 g/mol. The Morgan fingerprint density at radius 2 is 2.16 bits per heavy atom. The maximum atomic E-state index is 12.6. The second-order valence-electron chi connectivity index (χ2n) is 5.59. The number of rotatable bonds is 5. The molecular weight excluding hydrogens is 360 g/mol. The van der Waals surface area contributed by atoms with Crippen LogP contribution in [0.5, 0.6) is 0 Å². The number of thiazole rings is 1. The van der Waals surface area contributed by atoms with Gasteiger partial charge in [-0.3, -0.25) is 4.79 Å². The van der Waals surface area contributed by atoms with E-state index in [0.717, 1.165) is 10.2 Å². The van der Waals surface area contributed by atoms with Crippen molar-refractivity contribution in [2.45, 2.75) is 27.3 Å². The van der Waals surface area contributed by atoms with Crippen molar-refractivity contribution in [3.05, 3.63) is 51.2 Å². The molecule has 0 atom stereocenters. The molecule has 5 nitrogen and oxygen atoms in total. The Hall–Kier alpha value is -1.89. The lowest BCUT2D eigenvalue weighted by Gasteiger charge is -2.05. The van der Waals surface area contributed by atoms with Gasteiger partial charge >= 0.3 is 0 Å². The molecule has 1 amide bonds. The van der Waals surface area contributed by atoms with E-state index in [-0.39, 0.29) is 5.91 Å². The third kappa shape index (κ3) is 3.86. The highest BCUT2D eigenvalue weighted by atomic mass is 35.5. The number of hydrogen-bond donors (Lipinski definition) is 0. The molecule has 0 aliphatic carbocycles. The van der Waals surface area contributed by atoms with Crippen LogP contribution in [0.3, 0.4) is 0 Å². The number of fused-ring (bicyclic) bond motifs is 1. The van der Waals surface area contributed by atoms with Gasteiger partial charge in [0.05, 0.1) is 22.4 Å². The number of hydrogen-bond acceptors (Lipinski definition) is 4. The van der Waals surface area contributed by atoms with Gasteiger partial charge in [0.1, 0.15) is 11.5 Å². The van der Waals surface area contributed by atoms with Crippen LogP contribution in [0.2, 0.25) is 5.02 Å². The van der Waals surface area contributed by atoms with Crippen LogP contribution in [0.25, 0.3) is 10.2 Å². The largest absolute Gasteiger partial charge is 0.466 e. The highest BCUT2D eigenvalue weighted by Crippen LogP contribution is 2.22. The number of ether oxygens (including phenoxy) is 1. The number of carbonyl (C=O) groups excluding carboxylic acids is 1. The molecule has 0 radical (unpaired) electrons. The average Bonchev–Trinajstić information content (AvgIpc) is 3.07. The Kier molecular flexibility index (Phi) is 5.42. The van der Waals surface area contributed by atoms with Gasteiger partial charge in [0.15, 0.2) is 4.80 Å². The van der Waals surface area contributed by atoms with Crippen LogP contribution in [0.4, 0.5) is 0 Å². The topological polar surface area (TPSA) is 56.7 Å². The zero-order valence-electron chi connectivity index (χ0n) is 14.3. The quantitative estimate of drug-likeness (QED) is 0.620. The molecule has 2 aromatic heterocycles. The highest BCUT2D eigenvalue weighted by molar-refractivity contribution is 7.16.